The van der Waals surface area contributed by atoms with Gasteiger partial charge in [-0.2, -0.15) is 0 Å². The smallest absolute Gasteiger partial charge is 0.411 e. The summed E-state index contributed by atoms with van der Waals surface area (Å²) >= 11 is 0. The van der Waals surface area contributed by atoms with E-state index in [1.54, 1.807) is 0 Å². The summed E-state index contributed by atoms with van der Waals surface area (Å²) in [6.07, 6.45) is 1.38. The minimum absolute atomic E-state index is 0.330. The van der Waals surface area contributed by atoms with E-state index < -0.39 is 0 Å². The van der Waals surface area contributed by atoms with Crippen LogP contribution in [0.25, 0.3) is 0 Å². The van der Waals surface area contributed by atoms with Gasteiger partial charge >= 0.3 is 7.12 Å². The monoisotopic (exact) mass is 247 g/mol. The molecule has 1 heterocycles. The Morgan fingerprint density at radius 2 is 1.56 bits per heavy atom. The van der Waals surface area contributed by atoms with Gasteiger partial charge in [-0.3, -0.25) is 0 Å². The minimum atomic E-state index is -0.352. The van der Waals surface area contributed by atoms with E-state index in [1.165, 1.54) is 6.21 Å². The molecule has 0 amide bonds. The lowest BCUT2D eigenvalue weighted by Crippen LogP contribution is -2.41. The maximum atomic E-state index is 8.46. The Morgan fingerprint density at radius 1 is 1.06 bits per heavy atom. The van der Waals surface area contributed by atoms with Gasteiger partial charge in [-0.15, -0.1) is 0 Å². The fraction of sp³-hybridized carbons (Fsp3) is 0.462. The molecule has 1 aliphatic rings. The number of hydrogen-bond donors (Lipinski definition) is 1. The molecule has 0 aliphatic carbocycles. The van der Waals surface area contributed by atoms with Crippen molar-refractivity contribution in [1.29, 1.82) is 0 Å². The summed E-state index contributed by atoms with van der Waals surface area (Å²) in [6, 6.07) is 7.55. The zero-order valence-electron chi connectivity index (χ0n) is 11.2. The largest absolute Gasteiger partial charge is 0.494 e. The quantitative estimate of drug-likeness (QED) is 0.375. The number of nitrogens with zero attached hydrogens (tertiary/aromatic N) is 1. The van der Waals surface area contributed by atoms with Crippen LogP contribution >= 0.6 is 0 Å². The lowest BCUT2D eigenvalue weighted by molar-refractivity contribution is 0.00578. The summed E-state index contributed by atoms with van der Waals surface area (Å²) < 4.78 is 11.9. The van der Waals surface area contributed by atoms with Crippen LogP contribution in [-0.2, 0) is 9.31 Å². The average Bonchev–Trinajstić information content (AvgIpc) is 2.50. The molecule has 0 radical (unpaired) electrons. The Morgan fingerprint density at radius 3 is 2.00 bits per heavy atom. The van der Waals surface area contributed by atoms with Gasteiger partial charge in [-0.05, 0) is 38.7 Å². The predicted molar refractivity (Wildman–Crippen MR) is 71.5 cm³/mol. The number of hydrogen-bond acceptors (Lipinski definition) is 4. The standard InChI is InChI=1S/C13H18BNO3/c1-12(2)13(3,4)18-14(17-12)11-7-5-10(6-8-11)9-15-16/h5-9,16H,1-4H3. The van der Waals surface area contributed by atoms with Gasteiger partial charge < -0.3 is 14.5 Å². The second-order valence-corrected chi connectivity index (χ2v) is 5.50. The van der Waals surface area contributed by atoms with E-state index in [0.29, 0.717) is 0 Å². The Labute approximate surface area is 108 Å². The van der Waals surface area contributed by atoms with Crippen molar-refractivity contribution in [3.8, 4) is 0 Å². The zero-order valence-corrected chi connectivity index (χ0v) is 11.2. The van der Waals surface area contributed by atoms with Crippen LogP contribution < -0.4 is 5.46 Å². The van der Waals surface area contributed by atoms with E-state index in [0.717, 1.165) is 11.0 Å². The first-order chi connectivity index (χ1) is 8.36. The summed E-state index contributed by atoms with van der Waals surface area (Å²) in [4.78, 5) is 0. The molecule has 1 saturated heterocycles. The maximum Gasteiger partial charge on any atom is 0.494 e. The van der Waals surface area contributed by atoms with Crippen LogP contribution in [0.15, 0.2) is 29.4 Å². The normalized spacial score (nSPS) is 21.7. The molecule has 1 aromatic rings. The van der Waals surface area contributed by atoms with Gasteiger partial charge in [0.15, 0.2) is 0 Å². The average molecular weight is 247 g/mol. The van der Waals surface area contributed by atoms with E-state index in [9.17, 15) is 0 Å². The first-order valence-corrected chi connectivity index (χ1v) is 5.99. The fourth-order valence-corrected chi connectivity index (χ4v) is 1.79. The molecule has 96 valence electrons. The molecule has 0 unspecified atom stereocenters. The van der Waals surface area contributed by atoms with Crippen LogP contribution in [-0.4, -0.2) is 29.7 Å². The summed E-state index contributed by atoms with van der Waals surface area (Å²) in [6.45, 7) is 8.11. The van der Waals surface area contributed by atoms with Crippen molar-refractivity contribution in [2.45, 2.75) is 38.9 Å². The first kappa shape index (κ1) is 13.1. The maximum absolute atomic E-state index is 8.46. The van der Waals surface area contributed by atoms with Crippen LogP contribution in [0.3, 0.4) is 0 Å². The molecule has 0 atom stereocenters. The predicted octanol–water partition coefficient (Wildman–Crippen LogP) is 1.79. The molecule has 0 bridgehead atoms. The van der Waals surface area contributed by atoms with Crippen LogP contribution in [0.5, 0.6) is 0 Å². The molecule has 4 nitrogen and oxygen atoms in total. The van der Waals surface area contributed by atoms with E-state index >= 15 is 0 Å². The molecular weight excluding hydrogens is 229 g/mol. The van der Waals surface area contributed by atoms with Gasteiger partial charge in [0.2, 0.25) is 0 Å². The van der Waals surface area contributed by atoms with Crippen molar-refractivity contribution >= 4 is 18.8 Å². The third kappa shape index (κ3) is 2.28. The van der Waals surface area contributed by atoms with Crippen LogP contribution in [0, 0.1) is 0 Å². The van der Waals surface area contributed by atoms with Crippen molar-refractivity contribution < 1.29 is 14.5 Å². The summed E-state index contributed by atoms with van der Waals surface area (Å²) in [5, 5.41) is 11.4. The number of benzene rings is 1. The van der Waals surface area contributed by atoms with Crippen molar-refractivity contribution in [1.82, 2.24) is 0 Å². The van der Waals surface area contributed by atoms with E-state index in [1.807, 2.05) is 52.0 Å². The SMILES string of the molecule is CC1(C)OB(c2ccc(C=NO)cc2)OC1(C)C. The molecule has 0 saturated carbocycles. The second kappa shape index (κ2) is 4.41. The van der Waals surface area contributed by atoms with E-state index in [2.05, 4.69) is 5.16 Å². The second-order valence-electron chi connectivity index (χ2n) is 5.50. The van der Waals surface area contributed by atoms with Crippen LogP contribution in [0.2, 0.25) is 0 Å². The zero-order chi connectivity index (χ0) is 13.4. The van der Waals surface area contributed by atoms with Crippen molar-refractivity contribution in [2.75, 3.05) is 0 Å². The molecular formula is C13H18BNO3. The fourth-order valence-electron chi connectivity index (χ4n) is 1.79. The third-order valence-electron chi connectivity index (χ3n) is 3.67. The van der Waals surface area contributed by atoms with Gasteiger partial charge in [0, 0.05) is 0 Å². The summed E-state index contributed by atoms with van der Waals surface area (Å²) in [5.41, 5.74) is 1.13. The molecule has 1 N–H and O–H groups in total. The molecule has 1 aliphatic heterocycles. The van der Waals surface area contributed by atoms with Gasteiger partial charge in [0.25, 0.3) is 0 Å². The van der Waals surface area contributed by atoms with Crippen molar-refractivity contribution in [3.05, 3.63) is 29.8 Å². The van der Waals surface area contributed by atoms with Crippen molar-refractivity contribution in [3.63, 3.8) is 0 Å². The molecule has 18 heavy (non-hydrogen) atoms. The highest BCUT2D eigenvalue weighted by Crippen LogP contribution is 2.36. The lowest BCUT2D eigenvalue weighted by atomic mass is 9.79. The molecule has 0 aromatic heterocycles. The Hall–Kier alpha value is -1.33. The highest BCUT2D eigenvalue weighted by atomic mass is 16.7. The molecule has 0 spiro atoms. The molecule has 2 rings (SSSR count). The Bertz CT molecular complexity index is 438. The van der Waals surface area contributed by atoms with E-state index in [4.69, 9.17) is 14.5 Å². The summed E-state index contributed by atoms with van der Waals surface area (Å²) in [7, 11) is -0.352. The summed E-state index contributed by atoms with van der Waals surface area (Å²) in [5.74, 6) is 0. The molecule has 1 fully saturated rings. The first-order valence-electron chi connectivity index (χ1n) is 5.99. The highest BCUT2D eigenvalue weighted by Gasteiger charge is 2.51. The van der Waals surface area contributed by atoms with Gasteiger partial charge in [0.1, 0.15) is 0 Å². The van der Waals surface area contributed by atoms with Crippen molar-refractivity contribution in [2.24, 2.45) is 5.16 Å². The number of oxime groups is 1. The molecule has 1 aromatic carbocycles. The van der Waals surface area contributed by atoms with Crippen LogP contribution in [0.1, 0.15) is 33.3 Å². The topological polar surface area (TPSA) is 51.0 Å². The highest BCUT2D eigenvalue weighted by molar-refractivity contribution is 6.62. The lowest BCUT2D eigenvalue weighted by Gasteiger charge is -2.32. The minimum Gasteiger partial charge on any atom is -0.411 e. The van der Waals surface area contributed by atoms with Crippen LogP contribution in [0.4, 0.5) is 0 Å². The van der Waals surface area contributed by atoms with Gasteiger partial charge in [-0.25, -0.2) is 0 Å². The Kier molecular flexibility index (Phi) is 3.21. The van der Waals surface area contributed by atoms with Gasteiger partial charge in [0.05, 0.1) is 17.4 Å². The Balaban J connectivity index is 2.19. The van der Waals surface area contributed by atoms with Gasteiger partial charge in [-0.1, -0.05) is 29.4 Å². The van der Waals surface area contributed by atoms with E-state index in [-0.39, 0.29) is 18.3 Å². The third-order valence-corrected chi connectivity index (χ3v) is 3.67. The molecule has 5 heteroatoms. The number of rotatable bonds is 2.